The zero-order valence-electron chi connectivity index (χ0n) is 8.89. The Balaban J connectivity index is 0. The van der Waals surface area contributed by atoms with Gasteiger partial charge >= 0.3 is 0 Å². The molecule has 0 radical (unpaired) electrons. The largest absolute Gasteiger partial charge is 0.344 e. The molecular weight excluding hydrogens is 164 g/mol. The van der Waals surface area contributed by atoms with E-state index in [-0.39, 0.29) is 11.7 Å². The summed E-state index contributed by atoms with van der Waals surface area (Å²) in [5.41, 5.74) is 17.0. The Bertz CT molecular complexity index is 97.8. The van der Waals surface area contributed by atoms with E-state index in [9.17, 15) is 0 Å². The maximum absolute atomic E-state index is 6.16. The van der Waals surface area contributed by atoms with E-state index in [1.165, 1.54) is 0 Å². The molecule has 4 nitrogen and oxygen atoms in total. The van der Waals surface area contributed by atoms with Crippen LogP contribution in [0, 0.1) is 0 Å². The summed E-state index contributed by atoms with van der Waals surface area (Å²) in [6.45, 7) is 3.61. The molecule has 0 saturated carbocycles. The molecule has 0 aliphatic carbocycles. The van der Waals surface area contributed by atoms with Crippen LogP contribution in [0.25, 0.3) is 0 Å². The maximum atomic E-state index is 6.16. The Kier molecular flexibility index (Phi) is 9.94. The molecule has 4 heteroatoms. The van der Waals surface area contributed by atoms with Gasteiger partial charge in [-0.3, -0.25) is 0 Å². The first-order valence-electron chi connectivity index (χ1n) is 4.87. The third kappa shape index (κ3) is 6.95. The lowest BCUT2D eigenvalue weighted by atomic mass is 9.87. The van der Waals surface area contributed by atoms with Crippen molar-refractivity contribution in [1.29, 1.82) is 0 Å². The quantitative estimate of drug-likeness (QED) is 0.474. The van der Waals surface area contributed by atoms with Gasteiger partial charge in [-0.2, -0.15) is 0 Å². The zero-order valence-corrected chi connectivity index (χ0v) is 8.89. The summed E-state index contributed by atoms with van der Waals surface area (Å²) in [5, 5.41) is 0. The number of hydrogen-bond donors (Lipinski definition) is 4. The molecule has 82 valence electrons. The Morgan fingerprint density at radius 1 is 1.00 bits per heavy atom. The third-order valence-electron chi connectivity index (χ3n) is 2.46. The van der Waals surface area contributed by atoms with Crippen LogP contribution in [0.1, 0.15) is 39.0 Å². The first-order chi connectivity index (χ1) is 5.68. The second kappa shape index (κ2) is 8.44. The van der Waals surface area contributed by atoms with Crippen molar-refractivity contribution in [3.63, 3.8) is 0 Å². The van der Waals surface area contributed by atoms with E-state index >= 15 is 0 Å². The van der Waals surface area contributed by atoms with E-state index in [2.05, 4.69) is 6.92 Å². The number of nitrogens with two attached hydrogens (primary N) is 3. The van der Waals surface area contributed by atoms with Gasteiger partial charge in [0.1, 0.15) is 0 Å². The highest BCUT2D eigenvalue weighted by molar-refractivity contribution is 4.82. The molecule has 0 bridgehead atoms. The van der Waals surface area contributed by atoms with Gasteiger partial charge in [-0.1, -0.05) is 6.92 Å². The first-order valence-corrected chi connectivity index (χ1v) is 4.87. The number of rotatable bonds is 7. The average Bonchev–Trinajstić information content (AvgIpc) is 2.11. The van der Waals surface area contributed by atoms with Gasteiger partial charge in [0, 0.05) is 5.54 Å². The fourth-order valence-electron chi connectivity index (χ4n) is 1.39. The minimum Gasteiger partial charge on any atom is -0.344 e. The van der Waals surface area contributed by atoms with E-state index in [0.29, 0.717) is 0 Å². The Morgan fingerprint density at radius 2 is 1.38 bits per heavy atom. The van der Waals surface area contributed by atoms with E-state index in [4.69, 9.17) is 17.2 Å². The monoisotopic (exact) mass is 190 g/mol. The van der Waals surface area contributed by atoms with Gasteiger partial charge in [0.2, 0.25) is 0 Å². The van der Waals surface area contributed by atoms with Crippen LogP contribution in [0.15, 0.2) is 0 Å². The minimum absolute atomic E-state index is 0. The van der Waals surface area contributed by atoms with Gasteiger partial charge < -0.3 is 23.4 Å². The smallest absolute Gasteiger partial charge is 0.0152 e. The van der Waals surface area contributed by atoms with E-state index < -0.39 is 0 Å². The molecule has 0 spiro atoms. The summed E-state index contributed by atoms with van der Waals surface area (Å²) in [5.74, 6) is 0. The highest BCUT2D eigenvalue weighted by Gasteiger charge is 2.20. The zero-order chi connectivity index (χ0) is 9.45. The normalized spacial score (nSPS) is 11.1. The third-order valence-corrected chi connectivity index (χ3v) is 2.46. The fourth-order valence-corrected chi connectivity index (χ4v) is 1.39. The standard InChI is InChI=1S/C9H23N3.H3N/c1-2-9(12,5-3-7-10)6-4-8-11;/h2-8,10-12H2,1H3;1H3. The predicted molar refractivity (Wildman–Crippen MR) is 58.8 cm³/mol. The molecule has 0 aliphatic heterocycles. The van der Waals surface area contributed by atoms with Crippen molar-refractivity contribution in [1.82, 2.24) is 6.15 Å². The lowest BCUT2D eigenvalue weighted by Gasteiger charge is -2.27. The van der Waals surface area contributed by atoms with Gasteiger partial charge in [0.15, 0.2) is 0 Å². The fraction of sp³-hybridized carbons (Fsp3) is 1.00. The second-order valence-corrected chi connectivity index (χ2v) is 3.50. The van der Waals surface area contributed by atoms with E-state index in [1.807, 2.05) is 0 Å². The van der Waals surface area contributed by atoms with Crippen LogP contribution in [0.4, 0.5) is 0 Å². The first kappa shape index (κ1) is 15.3. The molecule has 13 heavy (non-hydrogen) atoms. The molecule has 0 unspecified atom stereocenters. The van der Waals surface area contributed by atoms with Gasteiger partial charge in [-0.15, -0.1) is 0 Å². The molecule has 0 heterocycles. The van der Waals surface area contributed by atoms with Crippen molar-refractivity contribution in [3.8, 4) is 0 Å². The molecule has 0 aromatic carbocycles. The average molecular weight is 190 g/mol. The predicted octanol–water partition coefficient (Wildman–Crippen LogP) is 0.734. The highest BCUT2D eigenvalue weighted by atomic mass is 14.7. The van der Waals surface area contributed by atoms with Crippen molar-refractivity contribution < 1.29 is 0 Å². The molecule has 0 aromatic rings. The van der Waals surface area contributed by atoms with Crippen LogP contribution in [0.2, 0.25) is 0 Å². The minimum atomic E-state index is -0.0151. The van der Waals surface area contributed by atoms with Crippen LogP contribution >= 0.6 is 0 Å². The van der Waals surface area contributed by atoms with Gasteiger partial charge in [-0.25, -0.2) is 0 Å². The van der Waals surface area contributed by atoms with Crippen molar-refractivity contribution in [2.75, 3.05) is 13.1 Å². The molecular formula is C9H26N4. The molecule has 0 saturated heterocycles. The van der Waals surface area contributed by atoms with Crippen molar-refractivity contribution in [2.24, 2.45) is 17.2 Å². The molecule has 0 rings (SSSR count). The van der Waals surface area contributed by atoms with Crippen molar-refractivity contribution >= 4 is 0 Å². The van der Waals surface area contributed by atoms with Crippen molar-refractivity contribution in [2.45, 2.75) is 44.6 Å². The van der Waals surface area contributed by atoms with Crippen LogP contribution in [-0.2, 0) is 0 Å². The molecule has 9 N–H and O–H groups in total. The molecule has 0 atom stereocenters. The lowest BCUT2D eigenvalue weighted by molar-refractivity contribution is 0.339. The summed E-state index contributed by atoms with van der Waals surface area (Å²) in [6, 6.07) is 0. The topological polar surface area (TPSA) is 113 Å². The Hall–Kier alpha value is -0.160. The highest BCUT2D eigenvalue weighted by Crippen LogP contribution is 2.19. The summed E-state index contributed by atoms with van der Waals surface area (Å²) in [6.07, 6.45) is 5.12. The number of hydrogen-bond acceptors (Lipinski definition) is 4. The van der Waals surface area contributed by atoms with Crippen LogP contribution in [0.3, 0.4) is 0 Å². The maximum Gasteiger partial charge on any atom is 0.0152 e. The Morgan fingerprint density at radius 3 is 1.62 bits per heavy atom. The summed E-state index contributed by atoms with van der Waals surface area (Å²) >= 11 is 0. The van der Waals surface area contributed by atoms with Crippen LogP contribution in [0.5, 0.6) is 0 Å². The lowest BCUT2D eigenvalue weighted by Crippen LogP contribution is -2.39. The Labute approximate surface area is 81.8 Å². The summed E-state index contributed by atoms with van der Waals surface area (Å²) < 4.78 is 0. The summed E-state index contributed by atoms with van der Waals surface area (Å²) in [4.78, 5) is 0. The molecule has 0 aromatic heterocycles. The van der Waals surface area contributed by atoms with E-state index in [1.54, 1.807) is 0 Å². The van der Waals surface area contributed by atoms with Crippen LogP contribution in [-0.4, -0.2) is 18.6 Å². The van der Waals surface area contributed by atoms with Gasteiger partial charge in [0.25, 0.3) is 0 Å². The second-order valence-electron chi connectivity index (χ2n) is 3.50. The molecule has 0 aliphatic rings. The summed E-state index contributed by atoms with van der Waals surface area (Å²) in [7, 11) is 0. The SMILES string of the molecule is CCC(N)(CCCN)CCCN.N. The van der Waals surface area contributed by atoms with Crippen LogP contribution < -0.4 is 23.4 Å². The van der Waals surface area contributed by atoms with Gasteiger partial charge in [-0.05, 0) is 45.2 Å². The molecule has 0 fully saturated rings. The van der Waals surface area contributed by atoms with Gasteiger partial charge in [0.05, 0.1) is 0 Å². The van der Waals surface area contributed by atoms with E-state index in [0.717, 1.165) is 45.2 Å². The van der Waals surface area contributed by atoms with Crippen molar-refractivity contribution in [3.05, 3.63) is 0 Å². The molecule has 0 amide bonds.